The molecule has 2 aromatic heterocycles. The van der Waals surface area contributed by atoms with Gasteiger partial charge in [-0.15, -0.1) is 0 Å². The second-order valence-electron chi connectivity index (χ2n) is 31.3. The summed E-state index contributed by atoms with van der Waals surface area (Å²) < 4.78 is 0. The minimum Gasteiger partial charge on any atom is -0.263 e. The molecular weight excluding hydrogens is 1450 g/mol. The van der Waals surface area contributed by atoms with E-state index in [0.29, 0.717) is 0 Å². The molecule has 0 aliphatic heterocycles. The Labute approximate surface area is 698 Å². The molecule has 22 aromatic rings. The normalized spacial score (nSPS) is 11.5. The van der Waals surface area contributed by atoms with Gasteiger partial charge in [-0.2, -0.15) is 0 Å². The molecule has 0 atom stereocenters. The summed E-state index contributed by atoms with van der Waals surface area (Å²) in [6.45, 7) is 0. The molecule has 2 heteroatoms. The molecule has 2 nitrogen and oxygen atoms in total. The van der Waals surface area contributed by atoms with Crippen molar-refractivity contribution in [2.75, 3.05) is 0 Å². The van der Waals surface area contributed by atoms with Crippen LogP contribution in [0.5, 0.6) is 0 Å². The number of pyridine rings is 2. The number of fused-ring (bicyclic) bond motifs is 6. The van der Waals surface area contributed by atoms with E-state index in [4.69, 9.17) is 9.97 Å². The molecule has 22 rings (SSSR count). The summed E-state index contributed by atoms with van der Waals surface area (Å²) in [4.78, 5) is 10.1. The molecule has 2 heterocycles. The maximum atomic E-state index is 5.45. The predicted molar refractivity (Wildman–Crippen MR) is 509 cm³/mol. The lowest BCUT2D eigenvalue weighted by Crippen LogP contribution is -1.95. The lowest BCUT2D eigenvalue weighted by molar-refractivity contribution is 1.36. The topological polar surface area (TPSA) is 25.8 Å². The molecule has 0 aliphatic rings. The van der Waals surface area contributed by atoms with Gasteiger partial charge in [0.1, 0.15) is 0 Å². The molecule has 0 unspecified atom stereocenters. The van der Waals surface area contributed by atoms with Crippen LogP contribution < -0.4 is 0 Å². The Balaban J connectivity index is 0.604. The van der Waals surface area contributed by atoms with Gasteiger partial charge in [0.15, 0.2) is 0 Å². The van der Waals surface area contributed by atoms with E-state index < -0.39 is 0 Å². The second kappa shape index (κ2) is 30.5. The van der Waals surface area contributed by atoms with E-state index in [1.165, 1.54) is 121 Å². The van der Waals surface area contributed by atoms with Crippen molar-refractivity contribution in [3.63, 3.8) is 0 Å². The quantitative estimate of drug-likeness (QED) is 0.0956. The maximum Gasteiger partial charge on any atom is 0.0709 e. The highest BCUT2D eigenvalue weighted by Gasteiger charge is 2.25. The molecule has 0 fully saturated rings. The van der Waals surface area contributed by atoms with Crippen molar-refractivity contribution < 1.29 is 0 Å². The van der Waals surface area contributed by atoms with Crippen LogP contribution in [0.4, 0.5) is 0 Å². The van der Waals surface area contributed by atoms with Crippen molar-refractivity contribution in [1.82, 2.24) is 9.97 Å². The Morgan fingerprint density at radius 1 is 0.133 bits per heavy atom. The molecular formula is C118H76N2. The smallest absolute Gasteiger partial charge is 0.0709 e. The van der Waals surface area contributed by atoms with E-state index in [1.54, 1.807) is 0 Å². The van der Waals surface area contributed by atoms with Crippen LogP contribution in [0.1, 0.15) is 0 Å². The van der Waals surface area contributed by atoms with Gasteiger partial charge in [0.2, 0.25) is 0 Å². The fourth-order valence-electron chi connectivity index (χ4n) is 18.8. The number of hydrogen-bond acceptors (Lipinski definition) is 2. The Hall–Kier alpha value is -15.7. The lowest BCUT2D eigenvalue weighted by atomic mass is 9.82. The Morgan fingerprint density at radius 2 is 0.417 bits per heavy atom. The minimum atomic E-state index is 0.922. The van der Waals surface area contributed by atoms with Crippen molar-refractivity contribution >= 4 is 64.8 Å². The summed E-state index contributed by atoms with van der Waals surface area (Å²) in [7, 11) is 0. The first-order valence-electron chi connectivity index (χ1n) is 41.3. The van der Waals surface area contributed by atoms with E-state index in [9.17, 15) is 0 Å². The fraction of sp³-hybridized carbons (Fsp3) is 0. The Kier molecular flexibility index (Phi) is 18.0. The van der Waals surface area contributed by atoms with Crippen molar-refractivity contribution in [2.24, 2.45) is 0 Å². The molecule has 0 saturated heterocycles. The van der Waals surface area contributed by atoms with Crippen molar-refractivity contribution in [3.05, 3.63) is 461 Å². The average molecular weight is 1520 g/mol. The SMILES string of the molecule is c1ccc(-c2cc(-c3ccccc3)c(-c3cccc(-c4c5ccccc5c(-c5cccc(-c6ccc7cc(-c8cccc(-c9cc(-c%10ccccc%10)c(-c%10cccc(-c%11c%12ccccc%12c(-c%12cccc(-c%13cncc%14ccccc%13%14)c%12)c%12ccccc%11%12)c%10)c(-c%10ccccc%10)c9)c8)ccc7n6)c5)c5ccccc45)c3)c(-c3ccccc3)c2)cc1. The van der Waals surface area contributed by atoms with E-state index in [1.807, 2.05) is 12.4 Å². The van der Waals surface area contributed by atoms with Gasteiger partial charge in [-0.3, -0.25) is 4.98 Å². The molecule has 0 radical (unpaired) electrons. The van der Waals surface area contributed by atoms with Crippen molar-refractivity contribution in [3.8, 4) is 167 Å². The molecule has 0 bridgehead atoms. The van der Waals surface area contributed by atoms with Gasteiger partial charge in [0, 0.05) is 34.3 Å². The molecule has 0 spiro atoms. The van der Waals surface area contributed by atoms with Crippen LogP contribution in [-0.4, -0.2) is 9.97 Å². The number of hydrogen-bond donors (Lipinski definition) is 0. The molecule has 120 heavy (non-hydrogen) atoms. The molecule has 0 aliphatic carbocycles. The summed E-state index contributed by atoms with van der Waals surface area (Å²) in [6.07, 6.45) is 3.96. The van der Waals surface area contributed by atoms with Crippen molar-refractivity contribution in [2.45, 2.75) is 0 Å². The van der Waals surface area contributed by atoms with Gasteiger partial charge in [-0.1, -0.05) is 376 Å². The molecule has 20 aromatic carbocycles. The summed E-state index contributed by atoms with van der Waals surface area (Å²) in [5, 5.41) is 13.0. The van der Waals surface area contributed by atoms with Crippen LogP contribution in [0.3, 0.4) is 0 Å². The molecule has 0 saturated carbocycles. The predicted octanol–water partition coefficient (Wildman–Crippen LogP) is 32.4. The van der Waals surface area contributed by atoms with Crippen LogP contribution in [0.15, 0.2) is 461 Å². The molecule has 558 valence electrons. The maximum absolute atomic E-state index is 5.45. The Bertz CT molecular complexity index is 7500. The highest BCUT2D eigenvalue weighted by molar-refractivity contribution is 6.24. The Morgan fingerprint density at radius 3 is 0.825 bits per heavy atom. The third-order valence-electron chi connectivity index (χ3n) is 24.3. The van der Waals surface area contributed by atoms with Crippen molar-refractivity contribution in [1.29, 1.82) is 0 Å². The number of rotatable bonds is 15. The standard InChI is InChI=1S/C118H76N2/c1-6-31-77(32-7-1)95-71-106(78-33-8-2-9-34-78)117(107(72-95)79-35-10-3-11-36-79)92-50-29-48-90(69-92)116-104-59-24-20-55-100(104)114(101-56-21-25-60-105(101)116)89-47-28-45-86(68-89)111-64-62-87-66-84(61-63-112(87)120-111)82-42-26-43-83(65-82)96-73-108(80-37-12-4-13-38-80)118(109(74-96)81-39-14-5-15-40-81)93-51-30-49-91(70-93)115-102-57-22-18-53-98(102)113(99-54-19-23-58-103(99)115)88-46-27-44-85(67-88)110-76-119-75-94-41-16-17-52-97(94)110/h1-76H. The zero-order valence-corrected chi connectivity index (χ0v) is 65.8. The van der Waals surface area contributed by atoms with E-state index in [0.717, 1.165) is 111 Å². The van der Waals surface area contributed by atoms with E-state index >= 15 is 0 Å². The minimum absolute atomic E-state index is 0.922. The lowest BCUT2D eigenvalue weighted by Gasteiger charge is -2.21. The van der Waals surface area contributed by atoms with Crippen LogP contribution in [0, 0.1) is 0 Å². The molecule has 0 amide bonds. The number of nitrogens with zero attached hydrogens (tertiary/aromatic N) is 2. The van der Waals surface area contributed by atoms with Gasteiger partial charge in [-0.25, -0.2) is 4.98 Å². The molecule has 0 N–H and O–H groups in total. The van der Waals surface area contributed by atoms with Gasteiger partial charge < -0.3 is 0 Å². The van der Waals surface area contributed by atoms with Crippen LogP contribution >= 0.6 is 0 Å². The second-order valence-corrected chi connectivity index (χ2v) is 31.3. The van der Waals surface area contributed by atoms with Gasteiger partial charge in [0.25, 0.3) is 0 Å². The average Bonchev–Trinajstić information content (AvgIpc) is 0.732. The first kappa shape index (κ1) is 70.9. The summed E-state index contributed by atoms with van der Waals surface area (Å²) >= 11 is 0. The fourth-order valence-corrected chi connectivity index (χ4v) is 18.8. The number of benzene rings is 20. The van der Waals surface area contributed by atoms with Crippen LogP contribution in [0.2, 0.25) is 0 Å². The largest absolute Gasteiger partial charge is 0.263 e. The highest BCUT2D eigenvalue weighted by atomic mass is 14.7. The monoisotopic (exact) mass is 1520 g/mol. The highest BCUT2D eigenvalue weighted by Crippen LogP contribution is 2.52. The van der Waals surface area contributed by atoms with E-state index in [2.05, 4.69) is 449 Å². The van der Waals surface area contributed by atoms with Gasteiger partial charge in [-0.05, 0) is 271 Å². The zero-order chi connectivity index (χ0) is 79.4. The summed E-state index contributed by atoms with van der Waals surface area (Å²) in [5.41, 5.74) is 35.6. The first-order chi connectivity index (χ1) is 59.5. The third kappa shape index (κ3) is 12.9. The summed E-state index contributed by atoms with van der Waals surface area (Å²) in [5.74, 6) is 0. The van der Waals surface area contributed by atoms with Crippen LogP contribution in [0.25, 0.3) is 232 Å². The zero-order valence-electron chi connectivity index (χ0n) is 65.8. The van der Waals surface area contributed by atoms with Gasteiger partial charge in [0.05, 0.1) is 11.2 Å². The third-order valence-corrected chi connectivity index (χ3v) is 24.3. The van der Waals surface area contributed by atoms with E-state index in [-0.39, 0.29) is 0 Å². The first-order valence-corrected chi connectivity index (χ1v) is 41.3. The van der Waals surface area contributed by atoms with Crippen LogP contribution in [-0.2, 0) is 0 Å². The van der Waals surface area contributed by atoms with Gasteiger partial charge >= 0.3 is 0 Å². The summed E-state index contributed by atoms with van der Waals surface area (Å²) in [6, 6.07) is 165. The number of aromatic nitrogens is 2.